The topological polar surface area (TPSA) is 41.6 Å². The molecule has 88 valence electrons. The van der Waals surface area contributed by atoms with Crippen molar-refractivity contribution >= 4 is 6.09 Å². The molecule has 0 bridgehead atoms. The SMILES string of the molecule is CNC1CCCN(C(=O)OCC(C)C)C1. The third-order valence-electron chi connectivity index (χ3n) is 2.63. The van der Waals surface area contributed by atoms with Gasteiger partial charge in [-0.2, -0.15) is 0 Å². The van der Waals surface area contributed by atoms with Gasteiger partial charge in [-0.15, -0.1) is 0 Å². The van der Waals surface area contributed by atoms with Gasteiger partial charge >= 0.3 is 6.09 Å². The molecule has 1 heterocycles. The lowest BCUT2D eigenvalue weighted by atomic mass is 10.1. The molecule has 0 aromatic rings. The molecular formula is C11H22N2O2. The number of hydrogen-bond acceptors (Lipinski definition) is 3. The summed E-state index contributed by atoms with van der Waals surface area (Å²) >= 11 is 0. The second-order valence-electron chi connectivity index (χ2n) is 4.54. The fraction of sp³-hybridized carbons (Fsp3) is 0.909. The normalized spacial score (nSPS) is 21.9. The number of likely N-dealkylation sites (N-methyl/N-ethyl adjacent to an activating group) is 1. The number of nitrogens with zero attached hydrogens (tertiary/aromatic N) is 1. The largest absolute Gasteiger partial charge is 0.449 e. The Balaban J connectivity index is 2.32. The molecule has 1 aliphatic rings. The van der Waals surface area contributed by atoms with Crippen molar-refractivity contribution in [2.24, 2.45) is 5.92 Å². The maximum Gasteiger partial charge on any atom is 0.409 e. The van der Waals surface area contributed by atoms with E-state index in [2.05, 4.69) is 5.32 Å². The molecule has 1 saturated heterocycles. The number of likely N-dealkylation sites (tertiary alicyclic amines) is 1. The van der Waals surface area contributed by atoms with Gasteiger partial charge in [0, 0.05) is 19.1 Å². The summed E-state index contributed by atoms with van der Waals surface area (Å²) in [5.74, 6) is 0.402. The number of carbonyl (C=O) groups excluding carboxylic acids is 1. The fourth-order valence-corrected chi connectivity index (χ4v) is 1.71. The molecule has 0 spiro atoms. The lowest BCUT2D eigenvalue weighted by molar-refractivity contribution is 0.0806. The van der Waals surface area contributed by atoms with Gasteiger partial charge in [-0.05, 0) is 25.8 Å². The average molecular weight is 214 g/mol. The Kier molecular flexibility index (Phi) is 4.88. The summed E-state index contributed by atoms with van der Waals surface area (Å²) in [6.45, 7) is 6.20. The van der Waals surface area contributed by atoms with Gasteiger partial charge in [0.1, 0.15) is 0 Å². The molecule has 1 rings (SSSR count). The summed E-state index contributed by atoms with van der Waals surface area (Å²) in [5, 5.41) is 3.20. The summed E-state index contributed by atoms with van der Waals surface area (Å²) in [5.41, 5.74) is 0. The first-order valence-corrected chi connectivity index (χ1v) is 5.72. The van der Waals surface area contributed by atoms with Crippen LogP contribution < -0.4 is 5.32 Å². The highest BCUT2D eigenvalue weighted by atomic mass is 16.6. The Morgan fingerprint density at radius 3 is 2.93 bits per heavy atom. The van der Waals surface area contributed by atoms with Crippen molar-refractivity contribution in [2.75, 3.05) is 26.7 Å². The first kappa shape index (κ1) is 12.3. The van der Waals surface area contributed by atoms with Crippen molar-refractivity contribution in [3.8, 4) is 0 Å². The van der Waals surface area contributed by atoms with Crippen LogP contribution in [0.3, 0.4) is 0 Å². The van der Waals surface area contributed by atoms with Crippen molar-refractivity contribution in [3.05, 3.63) is 0 Å². The van der Waals surface area contributed by atoms with Crippen molar-refractivity contribution in [2.45, 2.75) is 32.7 Å². The van der Waals surface area contributed by atoms with Crippen LogP contribution in [-0.2, 0) is 4.74 Å². The summed E-state index contributed by atoms with van der Waals surface area (Å²) in [7, 11) is 1.94. The van der Waals surface area contributed by atoms with Gasteiger partial charge in [-0.3, -0.25) is 0 Å². The van der Waals surface area contributed by atoms with Crippen LogP contribution in [0.5, 0.6) is 0 Å². The highest BCUT2D eigenvalue weighted by Gasteiger charge is 2.23. The third-order valence-corrected chi connectivity index (χ3v) is 2.63. The van der Waals surface area contributed by atoms with E-state index in [1.54, 1.807) is 4.90 Å². The zero-order valence-electron chi connectivity index (χ0n) is 9.95. The van der Waals surface area contributed by atoms with E-state index < -0.39 is 0 Å². The molecule has 1 N–H and O–H groups in total. The quantitative estimate of drug-likeness (QED) is 0.773. The first-order valence-electron chi connectivity index (χ1n) is 5.72. The van der Waals surface area contributed by atoms with E-state index in [9.17, 15) is 4.79 Å². The maximum absolute atomic E-state index is 11.6. The zero-order valence-corrected chi connectivity index (χ0v) is 9.95. The van der Waals surface area contributed by atoms with E-state index in [-0.39, 0.29) is 6.09 Å². The highest BCUT2D eigenvalue weighted by molar-refractivity contribution is 5.67. The van der Waals surface area contributed by atoms with Crippen LogP contribution in [0.2, 0.25) is 0 Å². The van der Waals surface area contributed by atoms with Crippen molar-refractivity contribution in [1.82, 2.24) is 10.2 Å². The Bertz CT molecular complexity index is 207. The Morgan fingerprint density at radius 1 is 1.60 bits per heavy atom. The number of nitrogens with one attached hydrogen (secondary N) is 1. The molecule has 0 aliphatic carbocycles. The van der Waals surface area contributed by atoms with E-state index in [1.165, 1.54) is 0 Å². The molecule has 1 aliphatic heterocycles. The van der Waals surface area contributed by atoms with E-state index >= 15 is 0 Å². The van der Waals surface area contributed by atoms with Gasteiger partial charge in [0.05, 0.1) is 6.61 Å². The van der Waals surface area contributed by atoms with Crippen LogP contribution >= 0.6 is 0 Å². The number of rotatable bonds is 3. The van der Waals surface area contributed by atoms with E-state index in [4.69, 9.17) is 4.74 Å². The number of ether oxygens (including phenoxy) is 1. The van der Waals surface area contributed by atoms with E-state index in [0.29, 0.717) is 18.6 Å². The Labute approximate surface area is 92.0 Å². The molecule has 1 unspecified atom stereocenters. The molecular weight excluding hydrogens is 192 g/mol. The predicted octanol–water partition coefficient (Wildman–Crippen LogP) is 1.46. The second kappa shape index (κ2) is 5.95. The first-order chi connectivity index (χ1) is 7.13. The second-order valence-corrected chi connectivity index (χ2v) is 4.54. The third kappa shape index (κ3) is 4.08. The predicted molar refractivity (Wildman–Crippen MR) is 59.8 cm³/mol. The number of amides is 1. The maximum atomic E-state index is 11.6. The molecule has 1 atom stereocenters. The van der Waals surface area contributed by atoms with Crippen LogP contribution in [0, 0.1) is 5.92 Å². The van der Waals surface area contributed by atoms with Crippen LogP contribution in [0.1, 0.15) is 26.7 Å². The molecule has 0 radical (unpaired) electrons. The fourth-order valence-electron chi connectivity index (χ4n) is 1.71. The van der Waals surface area contributed by atoms with E-state index in [1.807, 2.05) is 20.9 Å². The van der Waals surface area contributed by atoms with Crippen molar-refractivity contribution in [1.29, 1.82) is 0 Å². The van der Waals surface area contributed by atoms with Gasteiger partial charge in [0.2, 0.25) is 0 Å². The summed E-state index contributed by atoms with van der Waals surface area (Å²) < 4.78 is 5.19. The molecule has 1 amide bonds. The number of carbonyl (C=O) groups is 1. The molecule has 4 nitrogen and oxygen atoms in total. The van der Waals surface area contributed by atoms with Crippen LogP contribution in [0.25, 0.3) is 0 Å². The summed E-state index contributed by atoms with van der Waals surface area (Å²) in [4.78, 5) is 13.4. The molecule has 1 fully saturated rings. The molecule has 4 heteroatoms. The Morgan fingerprint density at radius 2 is 2.33 bits per heavy atom. The minimum absolute atomic E-state index is 0.163. The van der Waals surface area contributed by atoms with Crippen molar-refractivity contribution in [3.63, 3.8) is 0 Å². The van der Waals surface area contributed by atoms with E-state index in [0.717, 1.165) is 25.9 Å². The lowest BCUT2D eigenvalue weighted by Gasteiger charge is -2.31. The van der Waals surface area contributed by atoms with Gasteiger partial charge in [0.25, 0.3) is 0 Å². The van der Waals surface area contributed by atoms with Gasteiger partial charge in [-0.25, -0.2) is 4.79 Å². The molecule has 0 aromatic heterocycles. The van der Waals surface area contributed by atoms with Gasteiger partial charge in [-0.1, -0.05) is 13.8 Å². The molecule has 0 aromatic carbocycles. The standard InChI is InChI=1S/C11H22N2O2/c1-9(2)8-15-11(14)13-6-4-5-10(7-13)12-3/h9-10,12H,4-8H2,1-3H3. The van der Waals surface area contributed by atoms with Crippen LogP contribution in [-0.4, -0.2) is 43.8 Å². The highest BCUT2D eigenvalue weighted by Crippen LogP contribution is 2.11. The van der Waals surface area contributed by atoms with Crippen LogP contribution in [0.4, 0.5) is 4.79 Å². The van der Waals surface area contributed by atoms with Gasteiger partial charge < -0.3 is 15.0 Å². The zero-order chi connectivity index (χ0) is 11.3. The Hall–Kier alpha value is -0.770. The van der Waals surface area contributed by atoms with Gasteiger partial charge in [0.15, 0.2) is 0 Å². The summed E-state index contributed by atoms with van der Waals surface area (Å²) in [6.07, 6.45) is 2.04. The molecule has 0 saturated carbocycles. The monoisotopic (exact) mass is 214 g/mol. The number of hydrogen-bond donors (Lipinski definition) is 1. The lowest BCUT2D eigenvalue weighted by Crippen LogP contribution is -2.47. The average Bonchev–Trinajstić information content (AvgIpc) is 2.26. The minimum atomic E-state index is -0.163. The van der Waals surface area contributed by atoms with Crippen LogP contribution in [0.15, 0.2) is 0 Å². The smallest absolute Gasteiger partial charge is 0.409 e. The molecule has 15 heavy (non-hydrogen) atoms. The van der Waals surface area contributed by atoms with Crippen molar-refractivity contribution < 1.29 is 9.53 Å². The minimum Gasteiger partial charge on any atom is -0.449 e. The number of piperidine rings is 1. The summed E-state index contributed by atoms with van der Waals surface area (Å²) in [6, 6.07) is 0.422.